The molecule has 3 aliphatic heterocycles. The minimum absolute atomic E-state index is 0.420. The summed E-state index contributed by atoms with van der Waals surface area (Å²) in [4.78, 5) is 2.56. The third-order valence-corrected chi connectivity index (χ3v) is 5.82. The molecule has 5 aliphatic rings. The number of fused-ring (bicyclic) bond motifs is 8. The van der Waals surface area contributed by atoms with Gasteiger partial charge in [0.1, 0.15) is 18.1 Å². The SMILES string of the molecule is C1CCN(CCN2N=N[C@H]3[C@H]4C[C@H]([C@@H]5N=N[C@H]45)[C@H]32)C1. The predicted molar refractivity (Wildman–Crippen MR) is 68.8 cm³/mol. The molecular weight excluding hydrogens is 240 g/mol. The highest BCUT2D eigenvalue weighted by atomic mass is 15.6. The summed E-state index contributed by atoms with van der Waals surface area (Å²) in [6.45, 7) is 4.73. The minimum atomic E-state index is 0.420. The molecule has 0 aromatic rings. The second-order valence-corrected chi connectivity index (χ2v) is 6.67. The molecule has 6 atom stereocenters. The number of hydrogen-bond donors (Lipinski definition) is 0. The Hall–Kier alpha value is -1.04. The lowest BCUT2D eigenvalue weighted by molar-refractivity contribution is 0.119. The predicted octanol–water partition coefficient (Wildman–Crippen LogP) is 1.35. The highest BCUT2D eigenvalue weighted by molar-refractivity contribution is 5.20. The molecule has 1 saturated heterocycles. The van der Waals surface area contributed by atoms with E-state index in [9.17, 15) is 0 Å². The Morgan fingerprint density at radius 3 is 2.42 bits per heavy atom. The topological polar surface area (TPSA) is 55.9 Å². The summed E-state index contributed by atoms with van der Waals surface area (Å²) in [7, 11) is 0. The first-order chi connectivity index (χ1) is 9.42. The molecule has 5 rings (SSSR count). The highest BCUT2D eigenvalue weighted by Gasteiger charge is 2.65. The summed E-state index contributed by atoms with van der Waals surface area (Å²) in [6.07, 6.45) is 4.00. The van der Waals surface area contributed by atoms with Crippen molar-refractivity contribution in [3.8, 4) is 0 Å². The first-order valence-electron chi connectivity index (χ1n) is 7.71. The summed E-state index contributed by atoms with van der Waals surface area (Å²) in [5.74, 6) is 1.31. The van der Waals surface area contributed by atoms with Crippen LogP contribution in [0.3, 0.4) is 0 Å². The largest absolute Gasteiger partial charge is 0.302 e. The van der Waals surface area contributed by atoms with Gasteiger partial charge in [0.2, 0.25) is 0 Å². The summed E-state index contributed by atoms with van der Waals surface area (Å²) in [6, 6.07) is 1.95. The van der Waals surface area contributed by atoms with Gasteiger partial charge in [-0.2, -0.15) is 15.3 Å². The summed E-state index contributed by atoms with van der Waals surface area (Å²) in [5, 5.41) is 20.0. The maximum Gasteiger partial charge on any atom is 0.100 e. The zero-order valence-corrected chi connectivity index (χ0v) is 11.1. The molecule has 0 amide bonds. The maximum absolute atomic E-state index is 4.56. The van der Waals surface area contributed by atoms with Crippen molar-refractivity contribution in [2.45, 2.75) is 43.4 Å². The normalized spacial score (nSPS) is 49.8. The minimum Gasteiger partial charge on any atom is -0.302 e. The smallest absolute Gasteiger partial charge is 0.100 e. The fourth-order valence-corrected chi connectivity index (χ4v) is 4.86. The Morgan fingerprint density at radius 1 is 0.842 bits per heavy atom. The standard InChI is InChI=1S/C13H20N6/c1-2-4-18(3-1)5-6-19-13-9-7-8(12(13)16-17-19)10-11(9)15-14-10/h8-13H,1-7H2/t8-,9+,10+,11-,12-,13+/m0/s1. The van der Waals surface area contributed by atoms with E-state index in [1.807, 2.05) is 0 Å². The molecule has 3 fully saturated rings. The zero-order valence-electron chi connectivity index (χ0n) is 11.1. The molecule has 0 unspecified atom stereocenters. The number of hydrogen-bond acceptors (Lipinski definition) is 6. The Balaban J connectivity index is 1.29. The van der Waals surface area contributed by atoms with Crippen molar-refractivity contribution >= 4 is 0 Å². The molecule has 2 bridgehead atoms. The molecule has 19 heavy (non-hydrogen) atoms. The van der Waals surface area contributed by atoms with Gasteiger partial charge >= 0.3 is 0 Å². The molecule has 102 valence electrons. The second-order valence-electron chi connectivity index (χ2n) is 6.67. The third-order valence-electron chi connectivity index (χ3n) is 5.82. The van der Waals surface area contributed by atoms with Crippen molar-refractivity contribution in [3.63, 3.8) is 0 Å². The summed E-state index contributed by atoms with van der Waals surface area (Å²) >= 11 is 0. The molecule has 0 radical (unpaired) electrons. The average Bonchev–Trinajstić information content (AvgIpc) is 3.07. The molecule has 0 aromatic heterocycles. The Labute approximate surface area is 112 Å². The van der Waals surface area contributed by atoms with Crippen LogP contribution in [-0.2, 0) is 0 Å². The Bertz CT molecular complexity index is 442. The van der Waals surface area contributed by atoms with Crippen LogP contribution in [0.2, 0.25) is 0 Å². The van der Waals surface area contributed by atoms with E-state index in [2.05, 4.69) is 30.5 Å². The first-order valence-corrected chi connectivity index (χ1v) is 7.71. The van der Waals surface area contributed by atoms with Crippen LogP contribution in [0.4, 0.5) is 0 Å². The van der Waals surface area contributed by atoms with Crippen LogP contribution in [0.1, 0.15) is 19.3 Å². The van der Waals surface area contributed by atoms with Crippen molar-refractivity contribution in [2.24, 2.45) is 32.4 Å². The maximum atomic E-state index is 4.56. The van der Waals surface area contributed by atoms with Crippen molar-refractivity contribution in [1.29, 1.82) is 0 Å². The van der Waals surface area contributed by atoms with Gasteiger partial charge in [-0.3, -0.25) is 5.01 Å². The lowest BCUT2D eigenvalue weighted by atomic mass is 9.82. The van der Waals surface area contributed by atoms with Gasteiger partial charge in [0, 0.05) is 18.4 Å². The average molecular weight is 260 g/mol. The number of nitrogens with zero attached hydrogens (tertiary/aromatic N) is 6. The van der Waals surface area contributed by atoms with E-state index in [-0.39, 0.29) is 0 Å². The molecule has 0 spiro atoms. The first kappa shape index (κ1) is 10.7. The van der Waals surface area contributed by atoms with Gasteiger partial charge in [-0.1, -0.05) is 5.22 Å². The van der Waals surface area contributed by atoms with Crippen LogP contribution < -0.4 is 0 Å². The quantitative estimate of drug-likeness (QED) is 0.769. The molecule has 0 aromatic carbocycles. The van der Waals surface area contributed by atoms with Crippen molar-refractivity contribution in [3.05, 3.63) is 0 Å². The van der Waals surface area contributed by atoms with Gasteiger partial charge < -0.3 is 4.90 Å². The van der Waals surface area contributed by atoms with Crippen molar-refractivity contribution in [2.75, 3.05) is 26.2 Å². The van der Waals surface area contributed by atoms with Crippen molar-refractivity contribution < 1.29 is 0 Å². The fourth-order valence-electron chi connectivity index (χ4n) is 4.86. The van der Waals surface area contributed by atoms with Crippen LogP contribution in [0.25, 0.3) is 0 Å². The van der Waals surface area contributed by atoms with E-state index >= 15 is 0 Å². The summed E-state index contributed by atoms with van der Waals surface area (Å²) in [5.41, 5.74) is 0. The molecule has 6 heteroatoms. The van der Waals surface area contributed by atoms with Crippen LogP contribution in [0, 0.1) is 11.8 Å². The van der Waals surface area contributed by atoms with Crippen LogP contribution in [0.15, 0.2) is 20.6 Å². The van der Waals surface area contributed by atoms with E-state index in [4.69, 9.17) is 0 Å². The number of likely N-dealkylation sites (tertiary alicyclic amines) is 1. The molecule has 6 nitrogen and oxygen atoms in total. The number of rotatable bonds is 3. The van der Waals surface area contributed by atoms with Gasteiger partial charge in [-0.05, 0) is 32.4 Å². The lowest BCUT2D eigenvalue weighted by Gasteiger charge is -2.38. The van der Waals surface area contributed by atoms with Gasteiger partial charge in [-0.25, -0.2) is 0 Å². The highest BCUT2D eigenvalue weighted by Crippen LogP contribution is 2.55. The second kappa shape index (κ2) is 3.75. The molecule has 3 heterocycles. The molecule has 0 N–H and O–H groups in total. The third kappa shape index (κ3) is 1.35. The van der Waals surface area contributed by atoms with Gasteiger partial charge in [-0.15, -0.1) is 0 Å². The summed E-state index contributed by atoms with van der Waals surface area (Å²) < 4.78 is 0. The Kier molecular flexibility index (Phi) is 2.11. The van der Waals surface area contributed by atoms with Crippen LogP contribution >= 0.6 is 0 Å². The molecule has 2 aliphatic carbocycles. The molecule has 2 saturated carbocycles. The van der Waals surface area contributed by atoms with E-state index in [1.165, 1.54) is 32.4 Å². The lowest BCUT2D eigenvalue weighted by Crippen LogP contribution is -2.52. The van der Waals surface area contributed by atoms with E-state index in [0.29, 0.717) is 36.0 Å². The number of azo groups is 1. The van der Waals surface area contributed by atoms with E-state index in [1.54, 1.807) is 0 Å². The van der Waals surface area contributed by atoms with E-state index in [0.717, 1.165) is 13.1 Å². The van der Waals surface area contributed by atoms with Gasteiger partial charge in [0.25, 0.3) is 0 Å². The molecular formula is C13H20N6. The monoisotopic (exact) mass is 260 g/mol. The van der Waals surface area contributed by atoms with Crippen molar-refractivity contribution in [1.82, 2.24) is 9.91 Å². The van der Waals surface area contributed by atoms with Crippen LogP contribution in [-0.4, -0.2) is 60.3 Å². The van der Waals surface area contributed by atoms with E-state index < -0.39 is 0 Å². The van der Waals surface area contributed by atoms with Crippen LogP contribution in [0.5, 0.6) is 0 Å². The van der Waals surface area contributed by atoms with Gasteiger partial charge in [0.05, 0.1) is 12.6 Å². The fraction of sp³-hybridized carbons (Fsp3) is 1.00. The zero-order chi connectivity index (χ0) is 12.4. The Morgan fingerprint density at radius 2 is 1.63 bits per heavy atom. The van der Waals surface area contributed by atoms with Gasteiger partial charge in [0.15, 0.2) is 0 Å².